The highest BCUT2D eigenvalue weighted by molar-refractivity contribution is 7.89. The normalized spacial score (nSPS) is 21.0. The van der Waals surface area contributed by atoms with Crippen molar-refractivity contribution >= 4 is 21.6 Å². The van der Waals surface area contributed by atoms with Crippen molar-refractivity contribution in [2.45, 2.75) is 68.6 Å². The molecule has 6 heteroatoms. The van der Waals surface area contributed by atoms with Gasteiger partial charge in [-0.25, -0.2) is 8.42 Å². The van der Waals surface area contributed by atoms with Gasteiger partial charge in [0.2, 0.25) is 10.0 Å². The molecule has 5 nitrogen and oxygen atoms in total. The minimum Gasteiger partial charge on any atom is -0.307 e. The lowest BCUT2D eigenvalue weighted by Gasteiger charge is -2.34. The molecule has 1 aliphatic carbocycles. The Kier molecular flexibility index (Phi) is 5.62. The van der Waals surface area contributed by atoms with Crippen LogP contribution in [0.4, 0.5) is 5.69 Å². The Hall–Kier alpha value is -2.18. The van der Waals surface area contributed by atoms with Crippen LogP contribution in [0.5, 0.6) is 0 Å². The molecular weight excluding hydrogens is 420 g/mol. The fraction of sp³-hybridized carbons (Fsp3) is 0.500. The Balaban J connectivity index is 1.48. The van der Waals surface area contributed by atoms with E-state index in [0.717, 1.165) is 37.8 Å². The molecule has 0 N–H and O–H groups in total. The van der Waals surface area contributed by atoms with Crippen molar-refractivity contribution in [2.75, 3.05) is 24.5 Å². The van der Waals surface area contributed by atoms with Gasteiger partial charge in [-0.2, -0.15) is 4.31 Å². The Morgan fingerprint density at radius 1 is 0.906 bits per heavy atom. The minimum atomic E-state index is -3.57. The number of fused-ring (bicyclic) bond motifs is 2. The molecule has 0 bridgehead atoms. The average molecular weight is 453 g/mol. The average Bonchev–Trinajstić information content (AvgIpc) is 3.12. The van der Waals surface area contributed by atoms with Crippen LogP contribution in [0.1, 0.15) is 72.9 Å². The first-order chi connectivity index (χ1) is 15.4. The molecule has 0 unspecified atom stereocenters. The number of hydrogen-bond acceptors (Lipinski definition) is 3. The van der Waals surface area contributed by atoms with Gasteiger partial charge in [-0.1, -0.05) is 49.4 Å². The van der Waals surface area contributed by atoms with Gasteiger partial charge in [-0.3, -0.25) is 4.79 Å². The van der Waals surface area contributed by atoms with Gasteiger partial charge in [-0.15, -0.1) is 0 Å². The number of hydrogen-bond donors (Lipinski definition) is 0. The third-order valence-corrected chi connectivity index (χ3v) is 9.46. The maximum absolute atomic E-state index is 13.7. The molecule has 2 fully saturated rings. The van der Waals surface area contributed by atoms with E-state index in [2.05, 4.69) is 25.1 Å². The lowest BCUT2D eigenvalue weighted by atomic mass is 9.70. The number of piperidine rings is 1. The molecule has 0 radical (unpaired) electrons. The molecule has 2 aromatic rings. The molecule has 32 heavy (non-hydrogen) atoms. The molecule has 1 saturated carbocycles. The van der Waals surface area contributed by atoms with Gasteiger partial charge in [0.15, 0.2) is 0 Å². The zero-order valence-electron chi connectivity index (χ0n) is 18.8. The first-order valence-corrected chi connectivity index (χ1v) is 13.4. The maximum Gasteiger partial charge on any atom is 0.258 e. The summed E-state index contributed by atoms with van der Waals surface area (Å²) in [5.74, 6) is -0.103. The number of aryl methyl sites for hydroxylation is 1. The molecule has 0 aromatic heterocycles. The molecular formula is C26H32N2O3S. The van der Waals surface area contributed by atoms with E-state index in [1.165, 1.54) is 30.4 Å². The minimum absolute atomic E-state index is 0.0345. The predicted octanol–water partition coefficient (Wildman–Crippen LogP) is 5.03. The first-order valence-electron chi connectivity index (χ1n) is 11.9. The largest absolute Gasteiger partial charge is 0.307 e. The van der Waals surface area contributed by atoms with Crippen LogP contribution in [-0.4, -0.2) is 38.3 Å². The number of nitrogens with zero attached hydrogens (tertiary/aromatic N) is 2. The summed E-state index contributed by atoms with van der Waals surface area (Å²) in [5.41, 5.74) is 3.99. The third kappa shape index (κ3) is 3.67. The second-order valence-electron chi connectivity index (χ2n) is 9.75. The smallest absolute Gasteiger partial charge is 0.258 e. The van der Waals surface area contributed by atoms with Crippen LogP contribution in [0, 0.1) is 6.92 Å². The predicted molar refractivity (Wildman–Crippen MR) is 127 cm³/mol. The quantitative estimate of drug-likeness (QED) is 0.656. The highest BCUT2D eigenvalue weighted by atomic mass is 32.2. The van der Waals surface area contributed by atoms with Gasteiger partial charge < -0.3 is 4.90 Å². The number of amides is 1. The Labute approximate surface area is 191 Å². The van der Waals surface area contributed by atoms with Crippen LogP contribution >= 0.6 is 0 Å². The fourth-order valence-corrected chi connectivity index (χ4v) is 7.38. The molecule has 2 aliphatic heterocycles. The van der Waals surface area contributed by atoms with Gasteiger partial charge >= 0.3 is 0 Å². The SMILES string of the molecule is Cc1ccc2c(c1)C1(CCCCC1)CN2C(=O)c1cccc(S(=O)(=O)N2CCCCC2)c1. The van der Waals surface area contributed by atoms with E-state index in [-0.39, 0.29) is 16.2 Å². The molecule has 1 amide bonds. The van der Waals surface area contributed by atoms with Crippen molar-refractivity contribution < 1.29 is 13.2 Å². The summed E-state index contributed by atoms with van der Waals surface area (Å²) in [7, 11) is -3.57. The van der Waals surface area contributed by atoms with E-state index in [0.29, 0.717) is 25.2 Å². The summed E-state index contributed by atoms with van der Waals surface area (Å²) >= 11 is 0. The summed E-state index contributed by atoms with van der Waals surface area (Å²) in [5, 5.41) is 0. The van der Waals surface area contributed by atoms with Crippen molar-refractivity contribution in [1.29, 1.82) is 0 Å². The molecule has 2 heterocycles. The number of sulfonamides is 1. The lowest BCUT2D eigenvalue weighted by molar-refractivity contribution is 0.0982. The zero-order chi connectivity index (χ0) is 22.3. The van der Waals surface area contributed by atoms with Gasteiger partial charge in [0.25, 0.3) is 5.91 Å². The molecule has 2 aromatic carbocycles. The second kappa shape index (κ2) is 8.31. The number of carbonyl (C=O) groups is 1. The van der Waals surface area contributed by atoms with Gasteiger partial charge in [0.1, 0.15) is 0 Å². The van der Waals surface area contributed by atoms with Crippen LogP contribution in [0.25, 0.3) is 0 Å². The summed E-state index contributed by atoms with van der Waals surface area (Å²) < 4.78 is 27.9. The Morgan fingerprint density at radius 3 is 2.38 bits per heavy atom. The highest BCUT2D eigenvalue weighted by Crippen LogP contribution is 2.49. The van der Waals surface area contributed by atoms with E-state index < -0.39 is 10.0 Å². The Bertz CT molecular complexity index is 1130. The Morgan fingerprint density at radius 2 is 1.62 bits per heavy atom. The topological polar surface area (TPSA) is 57.7 Å². The summed E-state index contributed by atoms with van der Waals surface area (Å²) in [6.07, 6.45) is 8.71. The third-order valence-electron chi connectivity index (χ3n) is 7.56. The van der Waals surface area contributed by atoms with Crippen LogP contribution < -0.4 is 4.90 Å². The van der Waals surface area contributed by atoms with Crippen molar-refractivity contribution in [1.82, 2.24) is 4.31 Å². The summed E-state index contributed by atoms with van der Waals surface area (Å²) in [6.45, 7) is 3.91. The monoisotopic (exact) mass is 452 g/mol. The van der Waals surface area contributed by atoms with Crippen LogP contribution in [0.2, 0.25) is 0 Å². The fourth-order valence-electron chi connectivity index (χ4n) is 5.82. The van der Waals surface area contributed by atoms with Gasteiger partial charge in [0.05, 0.1) is 4.90 Å². The molecule has 170 valence electrons. The van der Waals surface area contributed by atoms with E-state index in [9.17, 15) is 13.2 Å². The number of anilines is 1. The van der Waals surface area contributed by atoms with E-state index in [4.69, 9.17) is 0 Å². The molecule has 1 saturated heterocycles. The van der Waals surface area contributed by atoms with Crippen molar-refractivity contribution in [2.24, 2.45) is 0 Å². The summed E-state index contributed by atoms with van der Waals surface area (Å²) in [4.78, 5) is 15.8. The van der Waals surface area contributed by atoms with Crippen LogP contribution in [0.15, 0.2) is 47.4 Å². The number of carbonyl (C=O) groups excluding carboxylic acids is 1. The van der Waals surface area contributed by atoms with E-state index in [1.807, 2.05) is 4.90 Å². The van der Waals surface area contributed by atoms with Crippen LogP contribution in [-0.2, 0) is 15.4 Å². The number of benzene rings is 2. The number of rotatable bonds is 3. The highest BCUT2D eigenvalue weighted by Gasteiger charge is 2.45. The second-order valence-corrected chi connectivity index (χ2v) is 11.7. The maximum atomic E-state index is 13.7. The first kappa shape index (κ1) is 21.7. The molecule has 5 rings (SSSR count). The van der Waals surface area contributed by atoms with Gasteiger partial charge in [-0.05, 0) is 62.4 Å². The molecule has 0 atom stereocenters. The van der Waals surface area contributed by atoms with Crippen molar-refractivity contribution in [3.05, 3.63) is 59.2 Å². The lowest BCUT2D eigenvalue weighted by Crippen LogP contribution is -2.38. The van der Waals surface area contributed by atoms with Crippen molar-refractivity contribution in [3.63, 3.8) is 0 Å². The van der Waals surface area contributed by atoms with Crippen molar-refractivity contribution in [3.8, 4) is 0 Å². The van der Waals surface area contributed by atoms with Crippen LogP contribution in [0.3, 0.4) is 0 Å². The summed E-state index contributed by atoms with van der Waals surface area (Å²) in [6, 6.07) is 13.0. The molecule has 3 aliphatic rings. The van der Waals surface area contributed by atoms with Gasteiger partial charge in [0, 0.05) is 36.3 Å². The zero-order valence-corrected chi connectivity index (χ0v) is 19.7. The van der Waals surface area contributed by atoms with E-state index >= 15 is 0 Å². The van der Waals surface area contributed by atoms with E-state index in [1.54, 1.807) is 28.6 Å². The molecule has 1 spiro atoms. The standard InChI is InChI=1S/C26H32N2O3S/c1-20-11-12-24-23(17-20)26(13-4-2-5-14-26)19-28(24)25(29)21-9-8-10-22(18-21)32(30,31)27-15-6-3-7-16-27/h8-12,17-18H,2-7,13-16,19H2,1H3.